The lowest BCUT2D eigenvalue weighted by molar-refractivity contribution is 0.104. The minimum absolute atomic E-state index is 0.129. The Labute approximate surface area is 115 Å². The molecule has 0 aliphatic carbocycles. The van der Waals surface area contributed by atoms with Crippen LogP contribution in [0, 0.1) is 5.82 Å². The van der Waals surface area contributed by atoms with Crippen LogP contribution in [0.25, 0.3) is 0 Å². The van der Waals surface area contributed by atoms with Crippen molar-refractivity contribution in [3.05, 3.63) is 35.6 Å². The Balaban J connectivity index is 1.86. The van der Waals surface area contributed by atoms with E-state index in [4.69, 9.17) is 5.73 Å². The summed E-state index contributed by atoms with van der Waals surface area (Å²) < 4.78 is 12.8. The summed E-state index contributed by atoms with van der Waals surface area (Å²) in [5, 5.41) is 0. The topological polar surface area (TPSA) is 32.5 Å². The standard InChI is InChI=1S/C15H24FN3/c1-18-7-8-19(2)15(11-18)10-14(17)9-12-3-5-13(16)6-4-12/h3-6,14-15H,7-11,17H2,1-2H3. The Hall–Kier alpha value is -0.970. The summed E-state index contributed by atoms with van der Waals surface area (Å²) in [5.41, 5.74) is 7.36. The van der Waals surface area contributed by atoms with E-state index in [-0.39, 0.29) is 11.9 Å². The van der Waals surface area contributed by atoms with E-state index in [1.807, 2.05) is 12.1 Å². The van der Waals surface area contributed by atoms with Crippen LogP contribution >= 0.6 is 0 Å². The molecule has 2 atom stereocenters. The average molecular weight is 265 g/mol. The van der Waals surface area contributed by atoms with Gasteiger partial charge >= 0.3 is 0 Å². The van der Waals surface area contributed by atoms with Gasteiger partial charge in [0.1, 0.15) is 5.82 Å². The van der Waals surface area contributed by atoms with Crippen molar-refractivity contribution < 1.29 is 4.39 Å². The van der Waals surface area contributed by atoms with Crippen LogP contribution in [0.1, 0.15) is 12.0 Å². The van der Waals surface area contributed by atoms with E-state index < -0.39 is 0 Å². The van der Waals surface area contributed by atoms with Gasteiger partial charge in [0.15, 0.2) is 0 Å². The maximum absolute atomic E-state index is 12.8. The fourth-order valence-electron chi connectivity index (χ4n) is 2.71. The number of hydrogen-bond donors (Lipinski definition) is 1. The van der Waals surface area contributed by atoms with Gasteiger partial charge in [0, 0.05) is 31.7 Å². The maximum Gasteiger partial charge on any atom is 0.123 e. The summed E-state index contributed by atoms with van der Waals surface area (Å²) in [4.78, 5) is 4.75. The number of nitrogens with two attached hydrogens (primary N) is 1. The second kappa shape index (κ2) is 6.46. The predicted octanol–water partition coefficient (Wildman–Crippen LogP) is 1.33. The molecule has 1 aliphatic heterocycles. The molecular formula is C15H24FN3. The Bertz CT molecular complexity index is 393. The Morgan fingerprint density at radius 2 is 1.95 bits per heavy atom. The Kier molecular flexibility index (Phi) is 4.91. The second-order valence-electron chi connectivity index (χ2n) is 5.72. The highest BCUT2D eigenvalue weighted by atomic mass is 19.1. The minimum Gasteiger partial charge on any atom is -0.327 e. The van der Waals surface area contributed by atoms with Gasteiger partial charge in [0.25, 0.3) is 0 Å². The third-order valence-electron chi connectivity index (χ3n) is 3.97. The van der Waals surface area contributed by atoms with Gasteiger partial charge in [-0.25, -0.2) is 4.39 Å². The number of piperazine rings is 1. The molecule has 0 radical (unpaired) electrons. The maximum atomic E-state index is 12.8. The fraction of sp³-hybridized carbons (Fsp3) is 0.600. The zero-order valence-electron chi connectivity index (χ0n) is 11.8. The third kappa shape index (κ3) is 4.27. The van der Waals surface area contributed by atoms with E-state index in [9.17, 15) is 4.39 Å². The molecule has 2 N–H and O–H groups in total. The highest BCUT2D eigenvalue weighted by Gasteiger charge is 2.23. The summed E-state index contributed by atoms with van der Waals surface area (Å²) in [7, 11) is 4.33. The number of halogens is 1. The molecule has 1 saturated heterocycles. The van der Waals surface area contributed by atoms with Crippen LogP contribution < -0.4 is 5.73 Å². The summed E-state index contributed by atoms with van der Waals surface area (Å²) in [5.74, 6) is -0.189. The van der Waals surface area contributed by atoms with Crippen molar-refractivity contribution in [1.82, 2.24) is 9.80 Å². The highest BCUT2D eigenvalue weighted by Crippen LogP contribution is 2.14. The van der Waals surface area contributed by atoms with Crippen molar-refractivity contribution >= 4 is 0 Å². The molecule has 2 unspecified atom stereocenters. The van der Waals surface area contributed by atoms with Gasteiger partial charge < -0.3 is 15.5 Å². The van der Waals surface area contributed by atoms with Crippen molar-refractivity contribution in [3.8, 4) is 0 Å². The van der Waals surface area contributed by atoms with Gasteiger partial charge in [-0.2, -0.15) is 0 Å². The quantitative estimate of drug-likeness (QED) is 0.891. The number of nitrogens with zero attached hydrogens (tertiary/aromatic N) is 2. The molecule has 0 spiro atoms. The zero-order valence-corrected chi connectivity index (χ0v) is 11.8. The number of hydrogen-bond acceptors (Lipinski definition) is 3. The first-order valence-electron chi connectivity index (χ1n) is 6.93. The van der Waals surface area contributed by atoms with E-state index in [0.717, 1.165) is 38.0 Å². The van der Waals surface area contributed by atoms with E-state index in [1.54, 1.807) is 0 Å². The Morgan fingerprint density at radius 3 is 2.63 bits per heavy atom. The van der Waals surface area contributed by atoms with E-state index in [2.05, 4.69) is 23.9 Å². The molecule has 2 rings (SSSR count). The van der Waals surface area contributed by atoms with Gasteiger partial charge in [-0.15, -0.1) is 0 Å². The van der Waals surface area contributed by atoms with Crippen molar-refractivity contribution in [3.63, 3.8) is 0 Å². The van der Waals surface area contributed by atoms with Crippen LogP contribution in [-0.2, 0) is 6.42 Å². The zero-order chi connectivity index (χ0) is 13.8. The minimum atomic E-state index is -0.189. The molecule has 1 aliphatic rings. The molecular weight excluding hydrogens is 241 g/mol. The van der Waals surface area contributed by atoms with Crippen LogP contribution in [-0.4, -0.2) is 55.6 Å². The monoisotopic (exact) mass is 265 g/mol. The predicted molar refractivity (Wildman–Crippen MR) is 76.6 cm³/mol. The summed E-state index contributed by atoms with van der Waals surface area (Å²) in [6, 6.07) is 7.31. The molecule has 0 aromatic heterocycles. The number of rotatable bonds is 4. The van der Waals surface area contributed by atoms with Crippen LogP contribution in [0.4, 0.5) is 4.39 Å². The van der Waals surface area contributed by atoms with E-state index in [1.165, 1.54) is 12.1 Å². The summed E-state index contributed by atoms with van der Waals surface area (Å²) in [6.07, 6.45) is 1.80. The Morgan fingerprint density at radius 1 is 1.26 bits per heavy atom. The van der Waals surface area contributed by atoms with Crippen LogP contribution in [0.15, 0.2) is 24.3 Å². The lowest BCUT2D eigenvalue weighted by Gasteiger charge is -2.38. The second-order valence-corrected chi connectivity index (χ2v) is 5.72. The van der Waals surface area contributed by atoms with Gasteiger partial charge in [0.05, 0.1) is 0 Å². The summed E-state index contributed by atoms with van der Waals surface area (Å²) >= 11 is 0. The fourth-order valence-corrected chi connectivity index (χ4v) is 2.71. The SMILES string of the molecule is CN1CCN(C)C(CC(N)Cc2ccc(F)cc2)C1. The summed E-state index contributed by atoms with van der Waals surface area (Å²) in [6.45, 7) is 3.30. The van der Waals surface area contributed by atoms with Crippen molar-refractivity contribution in [2.75, 3.05) is 33.7 Å². The molecule has 19 heavy (non-hydrogen) atoms. The molecule has 0 saturated carbocycles. The van der Waals surface area contributed by atoms with Gasteiger partial charge in [-0.1, -0.05) is 12.1 Å². The first-order chi connectivity index (χ1) is 9.04. The van der Waals surface area contributed by atoms with Crippen molar-refractivity contribution in [2.45, 2.75) is 24.9 Å². The van der Waals surface area contributed by atoms with E-state index >= 15 is 0 Å². The van der Waals surface area contributed by atoms with Gasteiger partial charge in [-0.3, -0.25) is 0 Å². The lowest BCUT2D eigenvalue weighted by Crippen LogP contribution is -2.51. The van der Waals surface area contributed by atoms with Crippen LogP contribution in [0.3, 0.4) is 0 Å². The first kappa shape index (κ1) is 14.4. The molecule has 0 bridgehead atoms. The molecule has 4 heteroatoms. The third-order valence-corrected chi connectivity index (χ3v) is 3.97. The van der Waals surface area contributed by atoms with Crippen molar-refractivity contribution in [1.29, 1.82) is 0 Å². The first-order valence-corrected chi connectivity index (χ1v) is 6.93. The number of benzene rings is 1. The van der Waals surface area contributed by atoms with Crippen LogP contribution in [0.2, 0.25) is 0 Å². The number of likely N-dealkylation sites (N-methyl/N-ethyl adjacent to an activating group) is 2. The molecule has 3 nitrogen and oxygen atoms in total. The highest BCUT2D eigenvalue weighted by molar-refractivity contribution is 5.17. The molecule has 1 heterocycles. The van der Waals surface area contributed by atoms with Crippen LogP contribution in [0.5, 0.6) is 0 Å². The van der Waals surface area contributed by atoms with Gasteiger partial charge in [-0.05, 0) is 44.6 Å². The molecule has 1 aromatic carbocycles. The normalized spacial score (nSPS) is 23.5. The van der Waals surface area contributed by atoms with Gasteiger partial charge in [0.2, 0.25) is 0 Å². The molecule has 106 valence electrons. The smallest absolute Gasteiger partial charge is 0.123 e. The average Bonchev–Trinajstić information content (AvgIpc) is 2.37. The largest absolute Gasteiger partial charge is 0.327 e. The molecule has 1 fully saturated rings. The lowest BCUT2D eigenvalue weighted by atomic mass is 9.98. The van der Waals surface area contributed by atoms with Crippen molar-refractivity contribution in [2.24, 2.45) is 5.73 Å². The molecule has 0 amide bonds. The van der Waals surface area contributed by atoms with E-state index in [0.29, 0.717) is 6.04 Å². The molecule has 1 aromatic rings.